The first-order valence-corrected chi connectivity index (χ1v) is 9.26. The first-order valence-electron chi connectivity index (χ1n) is 8.07. The van der Waals surface area contributed by atoms with Crippen LogP contribution in [0.1, 0.15) is 30.4 Å². The molecule has 0 aromatic carbocycles. The van der Waals surface area contributed by atoms with Crippen LogP contribution in [-0.4, -0.2) is 20.7 Å². The standard InChI is InChI=1S/C18H19ClN4O2S/c1-18(2,3)17(25)23-15(20-10-11-7-8-14(19)26-11)9-13(22-23)12-5-4-6-16(24)21-12/h4-9,20H,10H2,1-3H3,(H,21,24). The quantitative estimate of drug-likeness (QED) is 0.697. The highest BCUT2D eigenvalue weighted by Gasteiger charge is 2.27. The van der Waals surface area contributed by atoms with Gasteiger partial charge in [0.2, 0.25) is 5.56 Å². The number of thiophene rings is 1. The van der Waals surface area contributed by atoms with Gasteiger partial charge in [0.25, 0.3) is 5.91 Å². The summed E-state index contributed by atoms with van der Waals surface area (Å²) in [4.78, 5) is 28.1. The largest absolute Gasteiger partial charge is 0.365 e. The second-order valence-corrected chi connectivity index (χ2v) is 8.67. The second kappa shape index (κ2) is 7.09. The van der Waals surface area contributed by atoms with E-state index in [1.54, 1.807) is 18.2 Å². The maximum Gasteiger partial charge on any atom is 0.254 e. The van der Waals surface area contributed by atoms with Crippen molar-refractivity contribution in [2.45, 2.75) is 27.3 Å². The molecule has 0 saturated heterocycles. The molecule has 3 aromatic heterocycles. The van der Waals surface area contributed by atoms with Gasteiger partial charge >= 0.3 is 0 Å². The highest BCUT2D eigenvalue weighted by molar-refractivity contribution is 7.16. The van der Waals surface area contributed by atoms with Crippen molar-refractivity contribution in [1.29, 1.82) is 0 Å². The highest BCUT2D eigenvalue weighted by Crippen LogP contribution is 2.26. The number of halogens is 1. The molecule has 0 spiro atoms. The lowest BCUT2D eigenvalue weighted by Gasteiger charge is -2.18. The number of pyridine rings is 1. The fourth-order valence-electron chi connectivity index (χ4n) is 2.33. The molecular weight excluding hydrogens is 372 g/mol. The number of aromatic nitrogens is 3. The summed E-state index contributed by atoms with van der Waals surface area (Å²) in [7, 11) is 0. The molecule has 3 heterocycles. The highest BCUT2D eigenvalue weighted by atomic mass is 35.5. The van der Waals surface area contributed by atoms with Gasteiger partial charge in [0.15, 0.2) is 0 Å². The van der Waals surface area contributed by atoms with Gasteiger partial charge in [-0.2, -0.15) is 9.78 Å². The van der Waals surface area contributed by atoms with Gasteiger partial charge < -0.3 is 10.3 Å². The molecule has 0 bridgehead atoms. The Balaban J connectivity index is 1.97. The number of carbonyl (C=O) groups is 1. The Morgan fingerprint density at radius 3 is 2.69 bits per heavy atom. The van der Waals surface area contributed by atoms with Crippen LogP contribution in [0.15, 0.2) is 41.2 Å². The van der Waals surface area contributed by atoms with E-state index in [-0.39, 0.29) is 11.5 Å². The normalized spacial score (nSPS) is 11.5. The van der Waals surface area contributed by atoms with Crippen LogP contribution in [0.3, 0.4) is 0 Å². The summed E-state index contributed by atoms with van der Waals surface area (Å²) in [6.07, 6.45) is 0. The van der Waals surface area contributed by atoms with E-state index in [1.807, 2.05) is 32.9 Å². The van der Waals surface area contributed by atoms with Crippen LogP contribution < -0.4 is 10.9 Å². The molecule has 0 unspecified atom stereocenters. The molecule has 3 aromatic rings. The molecule has 6 nitrogen and oxygen atoms in total. The minimum Gasteiger partial charge on any atom is -0.365 e. The first-order chi connectivity index (χ1) is 12.2. The predicted octanol–water partition coefficient (Wildman–Crippen LogP) is 4.25. The van der Waals surface area contributed by atoms with E-state index >= 15 is 0 Å². The lowest BCUT2D eigenvalue weighted by molar-refractivity contribution is 0.0752. The lowest BCUT2D eigenvalue weighted by atomic mass is 9.96. The fraction of sp³-hybridized carbons (Fsp3) is 0.278. The summed E-state index contributed by atoms with van der Waals surface area (Å²) in [5, 5.41) is 7.66. The minimum atomic E-state index is -0.601. The van der Waals surface area contributed by atoms with Crippen molar-refractivity contribution >= 4 is 34.7 Å². The van der Waals surface area contributed by atoms with Gasteiger partial charge in [-0.25, -0.2) is 0 Å². The molecule has 0 atom stereocenters. The maximum absolute atomic E-state index is 12.8. The maximum atomic E-state index is 12.8. The Morgan fingerprint density at radius 2 is 2.08 bits per heavy atom. The van der Waals surface area contributed by atoms with Crippen LogP contribution in [0.25, 0.3) is 11.4 Å². The third kappa shape index (κ3) is 4.05. The van der Waals surface area contributed by atoms with E-state index in [0.717, 1.165) is 4.88 Å². The van der Waals surface area contributed by atoms with Crippen LogP contribution in [0.5, 0.6) is 0 Å². The Morgan fingerprint density at radius 1 is 1.31 bits per heavy atom. The SMILES string of the molecule is CC(C)(C)C(=O)n1nc(-c2cccc(=O)[nH]2)cc1NCc1ccc(Cl)s1. The Labute approximate surface area is 159 Å². The summed E-state index contributed by atoms with van der Waals surface area (Å²) in [6, 6.07) is 10.4. The predicted molar refractivity (Wildman–Crippen MR) is 105 cm³/mol. The topological polar surface area (TPSA) is 79.8 Å². The summed E-state index contributed by atoms with van der Waals surface area (Å²) in [6.45, 7) is 6.03. The second-order valence-electron chi connectivity index (χ2n) is 6.87. The van der Waals surface area contributed by atoms with Gasteiger partial charge in [0, 0.05) is 22.4 Å². The molecule has 0 radical (unpaired) electrons. The number of anilines is 1. The van der Waals surface area contributed by atoms with E-state index in [4.69, 9.17) is 11.6 Å². The average molecular weight is 391 g/mol. The number of carbonyl (C=O) groups excluding carboxylic acids is 1. The zero-order valence-corrected chi connectivity index (χ0v) is 16.2. The van der Waals surface area contributed by atoms with Gasteiger partial charge in [0.1, 0.15) is 11.5 Å². The van der Waals surface area contributed by atoms with Gasteiger partial charge in [-0.15, -0.1) is 11.3 Å². The number of hydrogen-bond donors (Lipinski definition) is 2. The molecule has 8 heteroatoms. The van der Waals surface area contributed by atoms with Crippen molar-refractivity contribution in [3.8, 4) is 11.4 Å². The van der Waals surface area contributed by atoms with Crippen LogP contribution in [-0.2, 0) is 6.54 Å². The molecular formula is C18H19ClN4O2S. The van der Waals surface area contributed by atoms with Gasteiger partial charge in [-0.05, 0) is 18.2 Å². The van der Waals surface area contributed by atoms with Crippen molar-refractivity contribution in [2.75, 3.05) is 5.32 Å². The molecule has 26 heavy (non-hydrogen) atoms. The molecule has 0 aliphatic heterocycles. The van der Waals surface area contributed by atoms with Crippen LogP contribution in [0, 0.1) is 5.41 Å². The first kappa shape index (κ1) is 18.4. The molecule has 3 rings (SSSR count). The number of aromatic amines is 1. The van der Waals surface area contributed by atoms with Crippen molar-refractivity contribution in [3.05, 3.63) is 56.0 Å². The van der Waals surface area contributed by atoms with Crippen molar-refractivity contribution < 1.29 is 4.79 Å². The molecule has 136 valence electrons. The van der Waals surface area contributed by atoms with E-state index in [9.17, 15) is 9.59 Å². The monoisotopic (exact) mass is 390 g/mol. The summed E-state index contributed by atoms with van der Waals surface area (Å²) < 4.78 is 2.07. The Kier molecular flexibility index (Phi) is 5.02. The van der Waals surface area contributed by atoms with Crippen LogP contribution >= 0.6 is 22.9 Å². The van der Waals surface area contributed by atoms with Gasteiger partial charge in [-0.1, -0.05) is 38.4 Å². The summed E-state index contributed by atoms with van der Waals surface area (Å²) in [5.74, 6) is 0.419. The third-order valence-electron chi connectivity index (χ3n) is 3.66. The number of hydrogen-bond acceptors (Lipinski definition) is 5. The molecule has 2 N–H and O–H groups in total. The molecule has 0 fully saturated rings. The van der Waals surface area contributed by atoms with Crippen LogP contribution in [0.2, 0.25) is 4.34 Å². The van der Waals surface area contributed by atoms with E-state index in [1.165, 1.54) is 22.1 Å². The van der Waals surface area contributed by atoms with E-state index in [0.29, 0.717) is 28.1 Å². The van der Waals surface area contributed by atoms with Crippen molar-refractivity contribution in [3.63, 3.8) is 0 Å². The zero-order valence-electron chi connectivity index (χ0n) is 14.7. The lowest BCUT2D eigenvalue weighted by Crippen LogP contribution is -2.28. The van der Waals surface area contributed by atoms with Crippen LogP contribution in [0.4, 0.5) is 5.82 Å². The number of nitrogens with one attached hydrogen (secondary N) is 2. The fourth-order valence-corrected chi connectivity index (χ4v) is 3.36. The smallest absolute Gasteiger partial charge is 0.254 e. The van der Waals surface area contributed by atoms with Crippen molar-refractivity contribution in [2.24, 2.45) is 5.41 Å². The van der Waals surface area contributed by atoms with Gasteiger partial charge in [0.05, 0.1) is 16.6 Å². The van der Waals surface area contributed by atoms with E-state index < -0.39 is 5.41 Å². The molecule has 0 aliphatic rings. The van der Waals surface area contributed by atoms with E-state index in [2.05, 4.69) is 15.4 Å². The Bertz CT molecular complexity index is 997. The number of rotatable bonds is 4. The summed E-state index contributed by atoms with van der Waals surface area (Å²) >= 11 is 7.44. The zero-order chi connectivity index (χ0) is 18.9. The number of H-pyrrole nitrogens is 1. The molecule has 0 aliphatic carbocycles. The summed E-state index contributed by atoms with van der Waals surface area (Å²) in [5.41, 5.74) is 0.255. The molecule has 0 amide bonds. The third-order valence-corrected chi connectivity index (χ3v) is 4.89. The van der Waals surface area contributed by atoms with Crippen molar-refractivity contribution in [1.82, 2.24) is 14.8 Å². The minimum absolute atomic E-state index is 0.145. The number of nitrogens with zero attached hydrogens (tertiary/aromatic N) is 2. The molecule has 0 saturated carbocycles. The Hall–Kier alpha value is -2.38. The van der Waals surface area contributed by atoms with Gasteiger partial charge in [-0.3, -0.25) is 9.59 Å². The average Bonchev–Trinajstić information content (AvgIpc) is 3.17.